The molecule has 0 aliphatic rings. The number of H-pyrrole nitrogens is 1. The van der Waals surface area contributed by atoms with Crippen LogP contribution in [0.1, 0.15) is 19.3 Å². The highest BCUT2D eigenvalue weighted by Crippen LogP contribution is 2.04. The first-order valence-corrected chi connectivity index (χ1v) is 8.01. The van der Waals surface area contributed by atoms with E-state index in [0.29, 0.717) is 6.54 Å². The fourth-order valence-electron chi connectivity index (χ4n) is 1.22. The van der Waals surface area contributed by atoms with Crippen LogP contribution >= 0.6 is 11.8 Å². The summed E-state index contributed by atoms with van der Waals surface area (Å²) in [5, 5.41) is 0.122. The molecule has 16 heavy (non-hydrogen) atoms. The molecule has 0 saturated heterocycles. The van der Waals surface area contributed by atoms with Gasteiger partial charge in [0.1, 0.15) is 0 Å². The Morgan fingerprint density at radius 2 is 2.25 bits per heavy atom. The smallest absolute Gasteiger partial charge is 0.257 e. The maximum atomic E-state index is 11.6. The van der Waals surface area contributed by atoms with Gasteiger partial charge in [-0.3, -0.25) is 0 Å². The lowest BCUT2D eigenvalue weighted by Crippen LogP contribution is -2.25. The zero-order chi connectivity index (χ0) is 11.9. The normalized spacial score (nSPS) is 11.8. The van der Waals surface area contributed by atoms with E-state index in [1.54, 1.807) is 0 Å². The summed E-state index contributed by atoms with van der Waals surface area (Å²) >= 11 is 1.81. The standard InChI is InChI=1S/C9H17N3O2S2/c1-15-6-4-2-3-5-12-16(13,14)9-7-10-8-11-9/h7-8,12H,2-6H2,1H3,(H,10,11). The number of nitrogens with one attached hydrogen (secondary N) is 2. The van der Waals surface area contributed by atoms with Crippen molar-refractivity contribution in [1.82, 2.24) is 14.7 Å². The highest BCUT2D eigenvalue weighted by molar-refractivity contribution is 7.98. The predicted octanol–water partition coefficient (Wildman–Crippen LogP) is 1.22. The lowest BCUT2D eigenvalue weighted by atomic mass is 10.2. The third-order valence-corrected chi connectivity index (χ3v) is 4.16. The summed E-state index contributed by atoms with van der Waals surface area (Å²) in [6.45, 7) is 0.482. The molecule has 1 aromatic heterocycles. The second-order valence-corrected chi connectivity index (χ2v) is 6.09. The van der Waals surface area contributed by atoms with Gasteiger partial charge in [0.15, 0.2) is 5.03 Å². The summed E-state index contributed by atoms with van der Waals surface area (Å²) in [5.41, 5.74) is 0. The lowest BCUT2D eigenvalue weighted by molar-refractivity contribution is 0.573. The van der Waals surface area contributed by atoms with Gasteiger partial charge in [-0.2, -0.15) is 11.8 Å². The van der Waals surface area contributed by atoms with E-state index in [-0.39, 0.29) is 5.03 Å². The van der Waals surface area contributed by atoms with Crippen molar-refractivity contribution in [3.63, 3.8) is 0 Å². The van der Waals surface area contributed by atoms with Gasteiger partial charge in [0.25, 0.3) is 10.0 Å². The van der Waals surface area contributed by atoms with Gasteiger partial charge >= 0.3 is 0 Å². The number of aromatic amines is 1. The minimum atomic E-state index is -3.38. The van der Waals surface area contributed by atoms with Crippen LogP contribution in [-0.4, -0.2) is 36.9 Å². The molecule has 0 bridgehead atoms. The summed E-state index contributed by atoms with van der Waals surface area (Å²) in [7, 11) is -3.38. The zero-order valence-corrected chi connectivity index (χ0v) is 10.9. The molecule has 0 unspecified atom stereocenters. The quantitative estimate of drug-likeness (QED) is 0.692. The molecule has 2 N–H and O–H groups in total. The number of aromatic nitrogens is 2. The average Bonchev–Trinajstić information content (AvgIpc) is 2.77. The van der Waals surface area contributed by atoms with Gasteiger partial charge in [0, 0.05) is 6.54 Å². The summed E-state index contributed by atoms with van der Waals surface area (Å²) < 4.78 is 25.7. The molecular weight excluding hydrogens is 246 g/mol. The van der Waals surface area contributed by atoms with Crippen LogP contribution in [0.25, 0.3) is 0 Å². The molecule has 5 nitrogen and oxygen atoms in total. The Morgan fingerprint density at radius 3 is 2.88 bits per heavy atom. The minimum absolute atomic E-state index is 0.122. The van der Waals surface area contributed by atoms with Crippen LogP contribution in [0.5, 0.6) is 0 Å². The number of hydrogen-bond acceptors (Lipinski definition) is 4. The molecule has 0 atom stereocenters. The molecule has 0 amide bonds. The number of imidazole rings is 1. The van der Waals surface area contributed by atoms with E-state index in [9.17, 15) is 8.42 Å². The summed E-state index contributed by atoms with van der Waals surface area (Å²) in [6, 6.07) is 0. The molecule has 1 heterocycles. The molecule has 92 valence electrons. The molecule has 0 radical (unpaired) electrons. The SMILES string of the molecule is CSCCCCCNS(=O)(=O)c1cnc[nH]1. The Labute approximate surface area is 100 Å². The Morgan fingerprint density at radius 1 is 1.44 bits per heavy atom. The Bertz CT molecular complexity index is 375. The lowest BCUT2D eigenvalue weighted by Gasteiger charge is -2.04. The Hall–Kier alpha value is -0.530. The van der Waals surface area contributed by atoms with Crippen molar-refractivity contribution in [2.75, 3.05) is 18.6 Å². The first-order chi connectivity index (χ1) is 7.67. The van der Waals surface area contributed by atoms with E-state index < -0.39 is 10.0 Å². The molecule has 0 fully saturated rings. The highest BCUT2D eigenvalue weighted by atomic mass is 32.2. The maximum Gasteiger partial charge on any atom is 0.257 e. The van der Waals surface area contributed by atoms with Crippen molar-refractivity contribution in [2.45, 2.75) is 24.3 Å². The number of nitrogens with zero attached hydrogens (tertiary/aromatic N) is 1. The molecule has 0 aromatic carbocycles. The summed E-state index contributed by atoms with van der Waals surface area (Å²) in [4.78, 5) is 6.25. The molecule has 1 rings (SSSR count). The van der Waals surface area contributed by atoms with E-state index in [4.69, 9.17) is 0 Å². The molecule has 1 aromatic rings. The minimum Gasteiger partial charge on any atom is -0.335 e. The van der Waals surface area contributed by atoms with Gasteiger partial charge in [-0.15, -0.1) is 0 Å². The first-order valence-electron chi connectivity index (χ1n) is 5.14. The van der Waals surface area contributed by atoms with E-state index in [2.05, 4.69) is 20.9 Å². The number of sulfonamides is 1. The van der Waals surface area contributed by atoms with Crippen LogP contribution in [-0.2, 0) is 10.0 Å². The van der Waals surface area contributed by atoms with Crippen LogP contribution in [0.2, 0.25) is 0 Å². The molecule has 0 saturated carbocycles. The largest absolute Gasteiger partial charge is 0.335 e. The second-order valence-electron chi connectivity index (χ2n) is 3.37. The molecule has 7 heteroatoms. The topological polar surface area (TPSA) is 74.8 Å². The van der Waals surface area contributed by atoms with Gasteiger partial charge in [0.2, 0.25) is 0 Å². The van der Waals surface area contributed by atoms with Crippen molar-refractivity contribution >= 4 is 21.8 Å². The molecule has 0 aliphatic carbocycles. The van der Waals surface area contributed by atoms with Crippen molar-refractivity contribution in [3.8, 4) is 0 Å². The van der Waals surface area contributed by atoms with Crippen LogP contribution in [0.15, 0.2) is 17.6 Å². The first kappa shape index (κ1) is 13.5. The van der Waals surface area contributed by atoms with Gasteiger partial charge in [-0.1, -0.05) is 6.42 Å². The van der Waals surface area contributed by atoms with Gasteiger partial charge in [-0.25, -0.2) is 18.1 Å². The van der Waals surface area contributed by atoms with Gasteiger partial charge in [-0.05, 0) is 24.9 Å². The van der Waals surface area contributed by atoms with Gasteiger partial charge in [0.05, 0.1) is 12.5 Å². The second kappa shape index (κ2) is 6.93. The highest BCUT2D eigenvalue weighted by Gasteiger charge is 2.13. The number of rotatable bonds is 8. The third kappa shape index (κ3) is 4.54. The van der Waals surface area contributed by atoms with Gasteiger partial charge < -0.3 is 4.98 Å². The fourth-order valence-corrected chi connectivity index (χ4v) is 2.69. The van der Waals surface area contributed by atoms with E-state index in [1.807, 2.05) is 11.8 Å². The number of unbranched alkanes of at least 4 members (excludes halogenated alkanes) is 2. The predicted molar refractivity (Wildman–Crippen MR) is 66.0 cm³/mol. The maximum absolute atomic E-state index is 11.6. The average molecular weight is 263 g/mol. The van der Waals surface area contributed by atoms with Crippen LogP contribution in [0.3, 0.4) is 0 Å². The van der Waals surface area contributed by atoms with Crippen molar-refractivity contribution in [2.24, 2.45) is 0 Å². The van der Waals surface area contributed by atoms with Crippen molar-refractivity contribution in [3.05, 3.63) is 12.5 Å². The van der Waals surface area contributed by atoms with Crippen LogP contribution < -0.4 is 4.72 Å². The van der Waals surface area contributed by atoms with Crippen molar-refractivity contribution in [1.29, 1.82) is 0 Å². The Kier molecular flexibility index (Phi) is 5.86. The Balaban J connectivity index is 2.22. The van der Waals surface area contributed by atoms with E-state index >= 15 is 0 Å². The summed E-state index contributed by atoms with van der Waals surface area (Å²) in [5.74, 6) is 1.13. The molecule has 0 aliphatic heterocycles. The fraction of sp³-hybridized carbons (Fsp3) is 0.667. The number of hydrogen-bond donors (Lipinski definition) is 2. The van der Waals surface area contributed by atoms with Crippen molar-refractivity contribution < 1.29 is 8.42 Å². The van der Waals surface area contributed by atoms with E-state index in [0.717, 1.165) is 25.0 Å². The molecular formula is C9H17N3O2S2. The summed E-state index contributed by atoms with van der Waals surface area (Å²) in [6.07, 6.45) is 7.78. The zero-order valence-electron chi connectivity index (χ0n) is 9.27. The van der Waals surface area contributed by atoms with Crippen LogP contribution in [0, 0.1) is 0 Å². The monoisotopic (exact) mass is 263 g/mol. The third-order valence-electron chi connectivity index (χ3n) is 2.08. The van der Waals surface area contributed by atoms with Crippen LogP contribution in [0.4, 0.5) is 0 Å². The van der Waals surface area contributed by atoms with E-state index in [1.165, 1.54) is 12.5 Å². The molecule has 0 spiro atoms. The number of thioether (sulfide) groups is 1.